The molecule has 4 atom stereocenters. The highest BCUT2D eigenvalue weighted by molar-refractivity contribution is 5.66. The van der Waals surface area contributed by atoms with E-state index < -0.39 is 0 Å². The minimum Gasteiger partial charge on any atom is -0.309 e. The molecule has 1 aromatic heterocycles. The third-order valence-corrected chi connectivity index (χ3v) is 7.81. The third kappa shape index (κ3) is 1.80. The first-order valence-corrected chi connectivity index (χ1v) is 9.74. The van der Waals surface area contributed by atoms with Gasteiger partial charge in [-0.1, -0.05) is 43.6 Å². The molecule has 126 valence electrons. The summed E-state index contributed by atoms with van der Waals surface area (Å²) < 4.78 is 2.23. The van der Waals surface area contributed by atoms with Gasteiger partial charge in [-0.05, 0) is 61.9 Å². The average Bonchev–Trinajstić information content (AvgIpc) is 3.20. The van der Waals surface area contributed by atoms with Crippen molar-refractivity contribution in [3.8, 4) is 0 Å². The van der Waals surface area contributed by atoms with Crippen molar-refractivity contribution in [3.05, 3.63) is 48.1 Å². The van der Waals surface area contributed by atoms with Gasteiger partial charge in [0, 0.05) is 23.5 Å². The lowest BCUT2D eigenvalue weighted by atomic mass is 9.49. The summed E-state index contributed by atoms with van der Waals surface area (Å²) in [6.45, 7) is 5.05. The second-order valence-corrected chi connectivity index (χ2v) is 8.82. The molecule has 0 saturated heterocycles. The number of hydrogen-bond donors (Lipinski definition) is 0. The molecule has 0 unspecified atom stereocenters. The highest BCUT2D eigenvalue weighted by Gasteiger charge is 2.53. The lowest BCUT2D eigenvalue weighted by Crippen LogP contribution is -2.46. The quantitative estimate of drug-likeness (QED) is 0.615. The Morgan fingerprint density at radius 1 is 1.17 bits per heavy atom. The number of nitrogens with zero attached hydrogens (tertiary/aromatic N) is 2. The van der Waals surface area contributed by atoms with E-state index in [1.165, 1.54) is 50.6 Å². The van der Waals surface area contributed by atoms with Crippen LogP contribution in [0.15, 0.2) is 48.1 Å². The predicted molar refractivity (Wildman–Crippen MR) is 98.2 cm³/mol. The molecule has 0 amide bonds. The largest absolute Gasteiger partial charge is 0.309 e. The highest BCUT2D eigenvalue weighted by atomic mass is 15.0. The summed E-state index contributed by atoms with van der Waals surface area (Å²) in [6.07, 6.45) is 22.9. The lowest BCUT2D eigenvalue weighted by Gasteiger charge is -2.55. The molecule has 1 heterocycles. The first-order chi connectivity index (χ1) is 11.6. The molecule has 4 aliphatic carbocycles. The highest BCUT2D eigenvalue weighted by Crippen LogP contribution is 2.64. The van der Waals surface area contributed by atoms with E-state index in [0.717, 1.165) is 11.8 Å². The minimum atomic E-state index is 0.207. The van der Waals surface area contributed by atoms with Gasteiger partial charge in [-0.2, -0.15) is 0 Å². The molecule has 0 radical (unpaired) electrons. The average molecular weight is 320 g/mol. The predicted octanol–water partition coefficient (Wildman–Crippen LogP) is 5.61. The van der Waals surface area contributed by atoms with Crippen LogP contribution in [0.2, 0.25) is 0 Å². The van der Waals surface area contributed by atoms with Gasteiger partial charge in [-0.15, -0.1) is 0 Å². The first kappa shape index (κ1) is 14.7. The van der Waals surface area contributed by atoms with Crippen molar-refractivity contribution in [2.24, 2.45) is 22.7 Å². The second kappa shape index (κ2) is 4.97. The summed E-state index contributed by atoms with van der Waals surface area (Å²) in [5.74, 6) is 1.60. The number of imidazole rings is 1. The Morgan fingerprint density at radius 2 is 2.08 bits per heavy atom. The van der Waals surface area contributed by atoms with Gasteiger partial charge in [0.15, 0.2) is 0 Å². The van der Waals surface area contributed by atoms with E-state index in [1.807, 2.05) is 12.5 Å². The molecule has 0 spiro atoms. The topological polar surface area (TPSA) is 17.8 Å². The molecule has 2 saturated carbocycles. The van der Waals surface area contributed by atoms with Crippen LogP contribution < -0.4 is 0 Å². The van der Waals surface area contributed by atoms with Gasteiger partial charge in [0.05, 0.1) is 6.33 Å². The van der Waals surface area contributed by atoms with Crippen LogP contribution in [-0.2, 0) is 0 Å². The number of fused-ring (bicyclic) bond motifs is 5. The Balaban J connectivity index is 1.52. The zero-order valence-corrected chi connectivity index (χ0v) is 15.0. The van der Waals surface area contributed by atoms with Crippen molar-refractivity contribution < 1.29 is 0 Å². The van der Waals surface area contributed by atoms with Crippen LogP contribution in [0.25, 0.3) is 5.70 Å². The van der Waals surface area contributed by atoms with Gasteiger partial charge in [0.2, 0.25) is 0 Å². The number of rotatable bonds is 1. The maximum Gasteiger partial charge on any atom is 0.0989 e. The van der Waals surface area contributed by atoms with Crippen molar-refractivity contribution in [1.82, 2.24) is 9.55 Å². The molecule has 2 heteroatoms. The monoisotopic (exact) mass is 320 g/mol. The molecule has 2 nitrogen and oxygen atoms in total. The van der Waals surface area contributed by atoms with E-state index in [9.17, 15) is 0 Å². The molecule has 5 rings (SSSR count). The smallest absolute Gasteiger partial charge is 0.0989 e. The van der Waals surface area contributed by atoms with Gasteiger partial charge >= 0.3 is 0 Å². The van der Waals surface area contributed by atoms with Crippen LogP contribution in [0.3, 0.4) is 0 Å². The molecule has 4 aliphatic rings. The molecular weight excluding hydrogens is 292 g/mol. The summed E-state index contributed by atoms with van der Waals surface area (Å²) in [5.41, 5.74) is 5.60. The summed E-state index contributed by atoms with van der Waals surface area (Å²) >= 11 is 0. The van der Waals surface area contributed by atoms with E-state index in [-0.39, 0.29) is 5.41 Å². The molecule has 0 aromatic carbocycles. The van der Waals surface area contributed by atoms with Gasteiger partial charge in [-0.3, -0.25) is 0 Å². The van der Waals surface area contributed by atoms with Crippen molar-refractivity contribution >= 4 is 5.70 Å². The first-order valence-electron chi connectivity index (χ1n) is 9.74. The fourth-order valence-electron chi connectivity index (χ4n) is 6.46. The third-order valence-electron chi connectivity index (χ3n) is 7.81. The molecule has 0 aliphatic heterocycles. The Bertz CT molecular complexity index is 751. The van der Waals surface area contributed by atoms with Crippen molar-refractivity contribution in [3.63, 3.8) is 0 Å². The summed E-state index contributed by atoms with van der Waals surface area (Å²) in [5, 5.41) is 0. The second-order valence-electron chi connectivity index (χ2n) is 8.82. The SMILES string of the molecule is C[C@]12CC[C@H]3[C@@H](CC=C4CCCC[C@@]43C)C1=CC=C2n1ccnc1. The maximum atomic E-state index is 4.27. The zero-order chi connectivity index (χ0) is 16.4. The van der Waals surface area contributed by atoms with E-state index in [4.69, 9.17) is 0 Å². The van der Waals surface area contributed by atoms with Gasteiger partial charge in [0.25, 0.3) is 0 Å². The zero-order valence-electron chi connectivity index (χ0n) is 15.0. The van der Waals surface area contributed by atoms with Gasteiger partial charge in [-0.25, -0.2) is 4.98 Å². The standard InChI is InChI=1S/C22H28N2/c1-21-11-4-3-5-16(21)6-7-17-18-8-9-20(24-14-13-23-15-24)22(18,2)12-10-19(17)21/h6,8-9,13-15,17,19H,3-5,7,10-12H2,1-2H3/t17-,19-,21-,22-/m0/s1. The van der Waals surface area contributed by atoms with Crippen molar-refractivity contribution in [1.29, 1.82) is 0 Å². The van der Waals surface area contributed by atoms with Crippen LogP contribution in [0.1, 0.15) is 58.8 Å². The van der Waals surface area contributed by atoms with Gasteiger partial charge < -0.3 is 4.57 Å². The number of hydrogen-bond acceptors (Lipinski definition) is 1. The fraction of sp³-hybridized carbons (Fsp3) is 0.591. The molecule has 1 aromatic rings. The van der Waals surface area contributed by atoms with Crippen LogP contribution in [0.5, 0.6) is 0 Å². The Kier molecular flexibility index (Phi) is 3.05. The summed E-state index contributed by atoms with van der Waals surface area (Å²) in [6, 6.07) is 0. The van der Waals surface area contributed by atoms with Crippen molar-refractivity contribution in [2.45, 2.75) is 58.8 Å². The fourth-order valence-corrected chi connectivity index (χ4v) is 6.46. The molecule has 24 heavy (non-hydrogen) atoms. The molecule has 2 fully saturated rings. The Hall–Kier alpha value is -1.57. The molecular formula is C22H28N2. The normalized spacial score (nSPS) is 40.8. The number of allylic oxidation sites excluding steroid dienone is 6. The van der Waals surface area contributed by atoms with E-state index >= 15 is 0 Å². The van der Waals surface area contributed by atoms with E-state index in [1.54, 1.807) is 11.1 Å². The number of aromatic nitrogens is 2. The van der Waals surface area contributed by atoms with E-state index in [0.29, 0.717) is 5.41 Å². The van der Waals surface area contributed by atoms with Gasteiger partial charge in [0.1, 0.15) is 0 Å². The minimum absolute atomic E-state index is 0.207. The van der Waals surface area contributed by atoms with Crippen LogP contribution in [-0.4, -0.2) is 9.55 Å². The molecule has 0 bridgehead atoms. The van der Waals surface area contributed by atoms with E-state index in [2.05, 4.69) is 47.8 Å². The van der Waals surface area contributed by atoms with Crippen LogP contribution in [0, 0.1) is 22.7 Å². The molecule has 0 N–H and O–H groups in total. The van der Waals surface area contributed by atoms with Crippen LogP contribution in [0.4, 0.5) is 0 Å². The summed E-state index contributed by atoms with van der Waals surface area (Å²) in [4.78, 5) is 4.27. The lowest BCUT2D eigenvalue weighted by molar-refractivity contribution is 0.0766. The Labute approximate surface area is 145 Å². The maximum absolute atomic E-state index is 4.27. The van der Waals surface area contributed by atoms with Crippen molar-refractivity contribution in [2.75, 3.05) is 0 Å². The Morgan fingerprint density at radius 3 is 2.92 bits per heavy atom. The summed E-state index contributed by atoms with van der Waals surface area (Å²) in [7, 11) is 0. The van der Waals surface area contributed by atoms with Crippen LogP contribution >= 0.6 is 0 Å².